The van der Waals surface area contributed by atoms with Gasteiger partial charge in [0.2, 0.25) is 5.82 Å². The smallest absolute Gasteiger partial charge is 0.333 e. The normalized spacial score (nSPS) is 11.8. The fraction of sp³-hybridized carbons (Fsp3) is 0.217. The number of nitrogens with one attached hydrogen (secondary N) is 1. The Morgan fingerprint density at radius 1 is 1.10 bits per heavy atom. The van der Waals surface area contributed by atoms with E-state index in [9.17, 15) is 14.0 Å². The number of H-pyrrole nitrogens is 1. The van der Waals surface area contributed by atoms with E-state index in [0.29, 0.717) is 22.7 Å². The molecule has 0 fully saturated rings. The molecule has 2 aromatic carbocycles. The highest BCUT2D eigenvalue weighted by molar-refractivity contribution is 5.75. The number of nitrogen functional groups attached to an aromatic ring is 1. The monoisotopic (exact) mass is 409 g/mol. The van der Waals surface area contributed by atoms with E-state index in [-0.39, 0.29) is 5.41 Å². The minimum absolute atomic E-state index is 0.324. The molecule has 0 saturated heterocycles. The van der Waals surface area contributed by atoms with Gasteiger partial charge in [-0.15, -0.1) is 0 Å². The van der Waals surface area contributed by atoms with Gasteiger partial charge < -0.3 is 10.5 Å². The molecule has 3 rings (SSSR count). The Bertz CT molecular complexity index is 1220. The molecular formula is C23H24FN3O3. The number of hydrogen-bond acceptors (Lipinski definition) is 4. The zero-order valence-electron chi connectivity index (χ0n) is 17.3. The summed E-state index contributed by atoms with van der Waals surface area (Å²) < 4.78 is 20.6. The van der Waals surface area contributed by atoms with E-state index in [0.717, 1.165) is 21.9 Å². The first-order chi connectivity index (χ1) is 14.1. The van der Waals surface area contributed by atoms with Crippen molar-refractivity contribution in [1.82, 2.24) is 9.55 Å². The molecular weight excluding hydrogens is 385 g/mol. The highest BCUT2D eigenvalue weighted by atomic mass is 19.1. The van der Waals surface area contributed by atoms with Crippen molar-refractivity contribution in [1.29, 1.82) is 0 Å². The Balaban J connectivity index is 2.24. The van der Waals surface area contributed by atoms with Gasteiger partial charge in [0.15, 0.2) is 0 Å². The molecule has 6 nitrogen and oxygen atoms in total. The lowest BCUT2D eigenvalue weighted by atomic mass is 9.84. The number of methoxy groups -OCH3 is 1. The van der Waals surface area contributed by atoms with Crippen molar-refractivity contribution in [3.8, 4) is 11.4 Å². The highest BCUT2D eigenvalue weighted by Crippen LogP contribution is 2.37. The van der Waals surface area contributed by atoms with E-state index in [1.807, 2.05) is 50.0 Å². The molecule has 0 bridgehead atoms. The lowest BCUT2D eigenvalue weighted by Gasteiger charge is -2.25. The molecule has 30 heavy (non-hydrogen) atoms. The van der Waals surface area contributed by atoms with Crippen LogP contribution in [0.3, 0.4) is 0 Å². The second kappa shape index (κ2) is 8.02. The summed E-state index contributed by atoms with van der Waals surface area (Å²) in [4.78, 5) is 25.7. The van der Waals surface area contributed by atoms with Gasteiger partial charge in [0, 0.05) is 16.8 Å². The molecule has 0 atom stereocenters. The first-order valence-electron chi connectivity index (χ1n) is 9.38. The summed E-state index contributed by atoms with van der Waals surface area (Å²) in [6.45, 7) is 6.04. The number of hydrogen-bond donors (Lipinski definition) is 2. The maximum absolute atomic E-state index is 13.9. The summed E-state index contributed by atoms with van der Waals surface area (Å²) >= 11 is 0. The maximum atomic E-state index is 13.9. The zero-order valence-corrected chi connectivity index (χ0v) is 17.3. The molecule has 1 aromatic heterocycles. The predicted molar refractivity (Wildman–Crippen MR) is 118 cm³/mol. The maximum Gasteiger partial charge on any atom is 0.333 e. The van der Waals surface area contributed by atoms with Crippen molar-refractivity contribution >= 4 is 17.8 Å². The Morgan fingerprint density at radius 2 is 1.77 bits per heavy atom. The van der Waals surface area contributed by atoms with Crippen molar-refractivity contribution in [2.75, 3.05) is 12.8 Å². The van der Waals surface area contributed by atoms with Gasteiger partial charge in [-0.05, 0) is 35.2 Å². The molecule has 0 spiro atoms. The van der Waals surface area contributed by atoms with E-state index in [2.05, 4.69) is 0 Å². The minimum atomic E-state index is -1.05. The predicted octanol–water partition coefficient (Wildman–Crippen LogP) is 3.72. The molecule has 0 unspecified atom stereocenters. The van der Waals surface area contributed by atoms with E-state index < -0.39 is 17.1 Å². The zero-order chi connectivity index (χ0) is 22.1. The van der Waals surface area contributed by atoms with Gasteiger partial charge in [0.1, 0.15) is 5.75 Å². The Hall–Kier alpha value is -3.61. The van der Waals surface area contributed by atoms with Gasteiger partial charge in [0.05, 0.1) is 19.0 Å². The summed E-state index contributed by atoms with van der Waals surface area (Å²) in [5, 5.41) is 0. The van der Waals surface area contributed by atoms with Crippen molar-refractivity contribution < 1.29 is 9.13 Å². The van der Waals surface area contributed by atoms with Crippen LogP contribution in [0.2, 0.25) is 0 Å². The molecule has 0 saturated carbocycles. The summed E-state index contributed by atoms with van der Waals surface area (Å²) in [7, 11) is 1.58. The first kappa shape index (κ1) is 21.1. The number of aromatic amines is 1. The number of nitrogens with two attached hydrogens (primary N) is 1. The fourth-order valence-corrected chi connectivity index (χ4v) is 3.12. The Kier molecular flexibility index (Phi) is 5.64. The van der Waals surface area contributed by atoms with Crippen LogP contribution in [-0.4, -0.2) is 16.7 Å². The van der Waals surface area contributed by atoms with Crippen LogP contribution in [0.15, 0.2) is 52.2 Å². The number of halogens is 1. The van der Waals surface area contributed by atoms with Gasteiger partial charge in [-0.2, -0.15) is 4.39 Å². The van der Waals surface area contributed by atoms with Gasteiger partial charge in [-0.3, -0.25) is 14.3 Å². The van der Waals surface area contributed by atoms with Gasteiger partial charge in [-0.1, -0.05) is 45.1 Å². The summed E-state index contributed by atoms with van der Waals surface area (Å²) in [6, 6.07) is 10.8. The van der Waals surface area contributed by atoms with Crippen LogP contribution in [0.25, 0.3) is 17.8 Å². The average Bonchev–Trinajstić information content (AvgIpc) is 2.69. The lowest BCUT2D eigenvalue weighted by Crippen LogP contribution is -2.30. The number of anilines is 1. The van der Waals surface area contributed by atoms with E-state index >= 15 is 0 Å². The average molecular weight is 409 g/mol. The molecule has 7 heteroatoms. The van der Waals surface area contributed by atoms with Crippen LogP contribution in [0.5, 0.6) is 5.75 Å². The molecule has 3 N–H and O–H groups in total. The lowest BCUT2D eigenvalue weighted by molar-refractivity contribution is 0.396. The third-order valence-electron chi connectivity index (χ3n) is 4.68. The number of benzene rings is 2. The van der Waals surface area contributed by atoms with Crippen LogP contribution in [0, 0.1) is 5.82 Å². The topological polar surface area (TPSA) is 90.1 Å². The second-order valence-corrected chi connectivity index (χ2v) is 7.97. The van der Waals surface area contributed by atoms with Crippen molar-refractivity contribution in [3.05, 3.63) is 85.9 Å². The molecule has 0 amide bonds. The van der Waals surface area contributed by atoms with Gasteiger partial charge >= 0.3 is 5.69 Å². The number of nitrogens with zero attached hydrogens (tertiary/aromatic N) is 1. The third kappa shape index (κ3) is 4.35. The van der Waals surface area contributed by atoms with Gasteiger partial charge in [0.25, 0.3) is 5.56 Å². The van der Waals surface area contributed by atoms with Crippen molar-refractivity contribution in [2.24, 2.45) is 0 Å². The van der Waals surface area contributed by atoms with Crippen molar-refractivity contribution in [2.45, 2.75) is 26.2 Å². The molecule has 0 aliphatic rings. The molecule has 1 heterocycles. The minimum Gasteiger partial charge on any atom is -0.496 e. The van der Waals surface area contributed by atoms with Crippen LogP contribution in [-0.2, 0) is 5.41 Å². The largest absolute Gasteiger partial charge is 0.496 e. The molecule has 0 radical (unpaired) electrons. The SMILES string of the molecule is COc1c(/C=C/c2ccc(N)cc2)cc(-n2cc(F)c(=O)[nH]c2=O)cc1C(C)(C)C. The van der Waals surface area contributed by atoms with E-state index in [1.165, 1.54) is 0 Å². The number of rotatable bonds is 4. The van der Waals surface area contributed by atoms with Crippen LogP contribution >= 0.6 is 0 Å². The standard InChI is InChI=1S/C23H24FN3O3/c1-23(2,3)18-12-17(27-13-19(24)21(28)26-22(27)29)11-15(20(18)30-4)8-5-14-6-9-16(25)10-7-14/h5-13H,25H2,1-4H3,(H,26,28,29)/b8-5+. The molecule has 0 aliphatic carbocycles. The molecule has 3 aromatic rings. The molecule has 156 valence electrons. The summed E-state index contributed by atoms with van der Waals surface area (Å²) in [5.74, 6) is -0.391. The number of aromatic nitrogens is 2. The highest BCUT2D eigenvalue weighted by Gasteiger charge is 2.22. The molecule has 0 aliphatic heterocycles. The fourth-order valence-electron chi connectivity index (χ4n) is 3.12. The van der Waals surface area contributed by atoms with Gasteiger partial charge in [-0.25, -0.2) is 4.79 Å². The summed E-state index contributed by atoms with van der Waals surface area (Å²) in [5.41, 5.74) is 7.19. The van der Waals surface area contributed by atoms with Crippen LogP contribution in [0.4, 0.5) is 10.1 Å². The number of ether oxygens (including phenoxy) is 1. The Labute approximate surface area is 173 Å². The van der Waals surface area contributed by atoms with E-state index in [4.69, 9.17) is 10.5 Å². The van der Waals surface area contributed by atoms with Crippen molar-refractivity contribution in [3.63, 3.8) is 0 Å². The summed E-state index contributed by atoms with van der Waals surface area (Å²) in [6.07, 6.45) is 4.64. The van der Waals surface area contributed by atoms with Crippen LogP contribution < -0.4 is 21.7 Å². The quantitative estimate of drug-likeness (QED) is 0.508. The first-order valence-corrected chi connectivity index (χ1v) is 9.38. The second-order valence-electron chi connectivity index (χ2n) is 7.97. The Morgan fingerprint density at radius 3 is 2.37 bits per heavy atom. The third-order valence-corrected chi connectivity index (χ3v) is 4.68. The van der Waals surface area contributed by atoms with E-state index in [1.54, 1.807) is 31.4 Å². The van der Waals surface area contributed by atoms with Crippen LogP contribution in [0.1, 0.15) is 37.5 Å².